The molecule has 1 heteroatoms. The van der Waals surface area contributed by atoms with E-state index in [-0.39, 0.29) is 10.8 Å². The molecule has 61 heavy (non-hydrogen) atoms. The van der Waals surface area contributed by atoms with Crippen LogP contribution < -0.4 is 10.4 Å². The van der Waals surface area contributed by atoms with Crippen LogP contribution in [0.3, 0.4) is 0 Å². The molecule has 0 bridgehead atoms. The van der Waals surface area contributed by atoms with Crippen LogP contribution in [0.1, 0.15) is 62.8 Å². The predicted octanol–water partition coefficient (Wildman–Crippen LogP) is 14.9. The maximum Gasteiger partial charge on any atom is 0.119 e. The van der Waals surface area contributed by atoms with E-state index in [1.165, 1.54) is 135 Å². The van der Waals surface area contributed by atoms with E-state index in [4.69, 9.17) is 0 Å². The second-order valence-electron chi connectivity index (χ2n) is 19.5. The van der Waals surface area contributed by atoms with Gasteiger partial charge in [-0.1, -0.05) is 192 Å². The smallest absolute Gasteiger partial charge is 0.0623 e. The van der Waals surface area contributed by atoms with Crippen LogP contribution in [0, 0.1) is 0 Å². The van der Waals surface area contributed by atoms with Crippen LogP contribution in [0.2, 0.25) is 12.1 Å². The molecule has 0 unspecified atom stereocenters. The van der Waals surface area contributed by atoms with Crippen LogP contribution in [0.4, 0.5) is 0 Å². The van der Waals surface area contributed by atoms with Crippen molar-refractivity contribution in [1.29, 1.82) is 0 Å². The third kappa shape index (κ3) is 4.65. The van der Waals surface area contributed by atoms with Crippen LogP contribution in [0.25, 0.3) is 88.3 Å². The molecule has 0 N–H and O–H groups in total. The Hall–Kier alpha value is -6.28. The molecule has 1 saturated heterocycles. The molecule has 2 heterocycles. The first kappa shape index (κ1) is 35.5. The number of benzene rings is 9. The lowest BCUT2D eigenvalue weighted by Crippen LogP contribution is -2.52. The van der Waals surface area contributed by atoms with Crippen molar-refractivity contribution in [3.05, 3.63) is 192 Å². The predicted molar refractivity (Wildman–Crippen MR) is 262 cm³/mol. The van der Waals surface area contributed by atoms with E-state index in [9.17, 15) is 0 Å². The highest BCUT2D eigenvalue weighted by atomic mass is 28.3. The van der Waals surface area contributed by atoms with Crippen LogP contribution in [0.5, 0.6) is 0 Å². The zero-order valence-electron chi connectivity index (χ0n) is 35.5. The molecule has 292 valence electrons. The molecule has 4 aliphatic rings. The molecule has 0 aromatic heterocycles. The van der Waals surface area contributed by atoms with Gasteiger partial charge in [0.25, 0.3) is 0 Å². The molecule has 2 aliphatic heterocycles. The van der Waals surface area contributed by atoms with Crippen molar-refractivity contribution < 1.29 is 0 Å². The average Bonchev–Trinajstić information content (AvgIpc) is 4.02. The molecule has 0 nitrogen and oxygen atoms in total. The quantitative estimate of drug-likeness (QED) is 0.123. The van der Waals surface area contributed by atoms with Crippen molar-refractivity contribution in [2.24, 2.45) is 0 Å². The molecule has 1 spiro atoms. The first-order valence-corrected chi connectivity index (χ1v) is 24.9. The summed E-state index contributed by atoms with van der Waals surface area (Å²) in [4.78, 5) is 0. The summed E-state index contributed by atoms with van der Waals surface area (Å²) in [6.07, 6.45) is 2.72. The van der Waals surface area contributed by atoms with Gasteiger partial charge in [0.1, 0.15) is 8.07 Å². The number of hydrogen-bond acceptors (Lipinski definition) is 0. The maximum atomic E-state index is 2.59. The Kier molecular flexibility index (Phi) is 7.21. The van der Waals surface area contributed by atoms with Gasteiger partial charge in [-0.2, -0.15) is 0 Å². The summed E-state index contributed by atoms with van der Waals surface area (Å²) in [5, 5.41) is 8.60. The molecule has 0 amide bonds. The second-order valence-corrected chi connectivity index (χ2v) is 23.7. The van der Waals surface area contributed by atoms with Gasteiger partial charge in [0, 0.05) is 10.8 Å². The fourth-order valence-corrected chi connectivity index (χ4v) is 18.5. The zero-order chi connectivity index (χ0) is 40.8. The zero-order valence-corrected chi connectivity index (χ0v) is 36.5. The van der Waals surface area contributed by atoms with Gasteiger partial charge in [0.05, 0.1) is 0 Å². The molecule has 0 atom stereocenters. The van der Waals surface area contributed by atoms with Gasteiger partial charge in [-0.25, -0.2) is 0 Å². The van der Waals surface area contributed by atoms with E-state index in [1.807, 2.05) is 0 Å². The van der Waals surface area contributed by atoms with Gasteiger partial charge in [-0.15, -0.1) is 0 Å². The summed E-state index contributed by atoms with van der Waals surface area (Å²) in [7, 11) is -1.73. The van der Waals surface area contributed by atoms with Crippen LogP contribution in [-0.2, 0) is 10.8 Å². The Balaban J connectivity index is 1.11. The number of fused-ring (bicyclic) bond motifs is 13. The highest BCUT2D eigenvalue weighted by Gasteiger charge is 2.47. The Morgan fingerprint density at radius 1 is 0.328 bits per heavy atom. The molecule has 2 aliphatic carbocycles. The lowest BCUT2D eigenvalue weighted by atomic mass is 9.80. The number of rotatable bonds is 3. The highest BCUT2D eigenvalue weighted by Crippen LogP contribution is 2.55. The summed E-state index contributed by atoms with van der Waals surface area (Å²) in [5.74, 6) is 0. The molecule has 9 aromatic rings. The van der Waals surface area contributed by atoms with E-state index in [0.29, 0.717) is 0 Å². The third-order valence-corrected chi connectivity index (χ3v) is 21.2. The molecule has 0 saturated carbocycles. The molecular formula is C60H48Si. The van der Waals surface area contributed by atoms with E-state index < -0.39 is 8.07 Å². The maximum absolute atomic E-state index is 2.59. The standard InChI is InChI=1S/C60H48Si/c1-59(2)51-23-11-8-20-46(51)58-47(21-15-24-52(58)59)57-44-19-6-5-18-43(44)56(39-28-31-55-48(35-39)42-17-9-12-25-54(42)61(55)32-13-14-33-61)45-30-27-37(34-49(45)57)38-26-29-41-40-16-7-10-22-50(40)60(3,4)53(41)36-38/h5-12,15-31,34-36H,13-14,32-33H2,1-4H3. The molecule has 9 aromatic carbocycles. The van der Waals surface area contributed by atoms with Gasteiger partial charge in [-0.05, 0) is 151 Å². The fraction of sp³-hybridized carbons (Fsp3) is 0.167. The Labute approximate surface area is 360 Å². The van der Waals surface area contributed by atoms with E-state index in [2.05, 4.69) is 198 Å². The van der Waals surface area contributed by atoms with Gasteiger partial charge in [-0.3, -0.25) is 0 Å². The van der Waals surface area contributed by atoms with Crippen LogP contribution in [-0.4, -0.2) is 8.07 Å². The highest BCUT2D eigenvalue weighted by molar-refractivity contribution is 7.06. The normalized spacial score (nSPS) is 16.7. The van der Waals surface area contributed by atoms with Gasteiger partial charge in [0.2, 0.25) is 0 Å². The van der Waals surface area contributed by atoms with Crippen molar-refractivity contribution in [1.82, 2.24) is 0 Å². The Morgan fingerprint density at radius 2 is 0.869 bits per heavy atom. The largest absolute Gasteiger partial charge is 0.119 e. The third-order valence-electron chi connectivity index (χ3n) is 15.8. The average molecular weight is 797 g/mol. The lowest BCUT2D eigenvalue weighted by molar-refractivity contribution is 0.660. The SMILES string of the molecule is CC1(C)c2ccccc2-c2ccc(-c3ccc4c(-c5ccc6c(c5)-c5ccccc5[Si]65CCCC5)c5ccccc5c(-c5cccc6c5-c5ccccc5C6(C)C)c4c3)cc21. The molecule has 0 radical (unpaired) electrons. The summed E-state index contributed by atoms with van der Waals surface area (Å²) in [6, 6.07) is 68.9. The Morgan fingerprint density at radius 3 is 1.67 bits per heavy atom. The summed E-state index contributed by atoms with van der Waals surface area (Å²) < 4.78 is 0. The first-order valence-electron chi connectivity index (χ1n) is 22.5. The van der Waals surface area contributed by atoms with Crippen LogP contribution >= 0.6 is 0 Å². The van der Waals surface area contributed by atoms with E-state index >= 15 is 0 Å². The minimum Gasteiger partial charge on any atom is -0.0623 e. The van der Waals surface area contributed by atoms with E-state index in [1.54, 1.807) is 10.4 Å². The molecule has 13 rings (SSSR count). The Bertz CT molecular complexity index is 3370. The number of hydrogen-bond donors (Lipinski definition) is 0. The van der Waals surface area contributed by atoms with Crippen LogP contribution in [0.15, 0.2) is 170 Å². The van der Waals surface area contributed by atoms with Crippen molar-refractivity contribution in [2.45, 2.75) is 63.5 Å². The van der Waals surface area contributed by atoms with Gasteiger partial charge < -0.3 is 0 Å². The van der Waals surface area contributed by atoms with Crippen molar-refractivity contribution in [3.63, 3.8) is 0 Å². The summed E-state index contributed by atoms with van der Waals surface area (Å²) in [6.45, 7) is 9.58. The summed E-state index contributed by atoms with van der Waals surface area (Å²) in [5.41, 5.74) is 21.8. The fourth-order valence-electron chi connectivity index (χ4n) is 12.9. The van der Waals surface area contributed by atoms with Gasteiger partial charge in [0.15, 0.2) is 0 Å². The minimum absolute atomic E-state index is 0.0653. The molecular weight excluding hydrogens is 749 g/mol. The van der Waals surface area contributed by atoms with Crippen molar-refractivity contribution in [2.75, 3.05) is 0 Å². The summed E-state index contributed by atoms with van der Waals surface area (Å²) >= 11 is 0. The lowest BCUT2D eigenvalue weighted by Gasteiger charge is -2.24. The molecule has 1 fully saturated rings. The van der Waals surface area contributed by atoms with Crippen molar-refractivity contribution in [3.8, 4) is 66.8 Å². The first-order chi connectivity index (χ1) is 29.8. The monoisotopic (exact) mass is 796 g/mol. The van der Waals surface area contributed by atoms with Crippen molar-refractivity contribution >= 4 is 40.0 Å². The second kappa shape index (κ2) is 12.4. The topological polar surface area (TPSA) is 0 Å². The van der Waals surface area contributed by atoms with E-state index in [0.717, 1.165) is 0 Å². The van der Waals surface area contributed by atoms with Gasteiger partial charge >= 0.3 is 0 Å². The minimum atomic E-state index is -1.73.